The highest BCUT2D eigenvalue weighted by molar-refractivity contribution is 8.01. The van der Waals surface area contributed by atoms with E-state index in [4.69, 9.17) is 0 Å². The molecule has 4 rings (SSSR count). The second-order valence-electron chi connectivity index (χ2n) is 7.49. The Labute approximate surface area is 179 Å². The van der Waals surface area contributed by atoms with Crippen LogP contribution in [0.3, 0.4) is 0 Å². The lowest BCUT2D eigenvalue weighted by molar-refractivity contribution is -0.135. The van der Waals surface area contributed by atoms with Gasteiger partial charge in [-0.05, 0) is 50.5 Å². The minimum atomic E-state index is -0.858. The van der Waals surface area contributed by atoms with Crippen LogP contribution in [0.4, 0.5) is 11.5 Å². The number of hydrogen-bond donors (Lipinski definition) is 1. The van der Waals surface area contributed by atoms with Crippen LogP contribution in [0, 0.1) is 6.92 Å². The number of piperidine rings is 1. The Morgan fingerprint density at radius 1 is 1.10 bits per heavy atom. The third kappa shape index (κ3) is 4.33. The molecular formula is C22H24N4O3S. The van der Waals surface area contributed by atoms with Gasteiger partial charge in [-0.15, -0.1) is 11.8 Å². The zero-order valence-corrected chi connectivity index (χ0v) is 17.7. The number of nitrogens with zero attached hydrogens (tertiary/aromatic N) is 3. The summed E-state index contributed by atoms with van der Waals surface area (Å²) in [6, 6.07) is 12.7. The molecule has 1 atom stereocenters. The molecule has 3 heterocycles. The van der Waals surface area contributed by atoms with E-state index in [0.29, 0.717) is 24.6 Å². The standard InChI is InChI=1S/C22H24N4O3S/c1-15-8-7-11-18(23-15)24-19(27)14-26-16-9-3-4-10-17(16)30-20(22(26)29)21(28)25-12-5-2-6-13-25/h3-4,7-11,20H,2,5-6,12-14H2,1H3,(H,23,24,27). The summed E-state index contributed by atoms with van der Waals surface area (Å²) in [6.07, 6.45) is 3.03. The van der Waals surface area contributed by atoms with E-state index >= 15 is 0 Å². The van der Waals surface area contributed by atoms with Crippen molar-refractivity contribution in [2.24, 2.45) is 0 Å². The highest BCUT2D eigenvalue weighted by atomic mass is 32.2. The van der Waals surface area contributed by atoms with Crippen molar-refractivity contribution in [2.75, 3.05) is 29.9 Å². The molecule has 1 saturated heterocycles. The van der Waals surface area contributed by atoms with Crippen LogP contribution < -0.4 is 10.2 Å². The predicted octanol–water partition coefficient (Wildman–Crippen LogP) is 2.85. The summed E-state index contributed by atoms with van der Waals surface area (Å²) in [5, 5.41) is 1.88. The average molecular weight is 425 g/mol. The Morgan fingerprint density at radius 3 is 2.63 bits per heavy atom. The van der Waals surface area contributed by atoms with E-state index in [0.717, 1.165) is 29.9 Å². The molecule has 1 fully saturated rings. The summed E-state index contributed by atoms with van der Waals surface area (Å²) in [5.74, 6) is -0.424. The monoisotopic (exact) mass is 424 g/mol. The molecule has 1 unspecified atom stereocenters. The van der Waals surface area contributed by atoms with Crippen LogP contribution >= 0.6 is 11.8 Å². The lowest BCUT2D eigenvalue weighted by Crippen LogP contribution is -2.52. The van der Waals surface area contributed by atoms with Crippen LogP contribution in [0.15, 0.2) is 47.4 Å². The molecule has 2 aliphatic rings. The van der Waals surface area contributed by atoms with Crippen molar-refractivity contribution >= 4 is 41.0 Å². The van der Waals surface area contributed by atoms with Gasteiger partial charge in [0.2, 0.25) is 11.8 Å². The number of rotatable bonds is 4. The highest BCUT2D eigenvalue weighted by Crippen LogP contribution is 2.39. The normalized spacial score (nSPS) is 18.7. The molecule has 30 heavy (non-hydrogen) atoms. The minimum absolute atomic E-state index is 0.162. The fourth-order valence-corrected chi connectivity index (χ4v) is 4.94. The van der Waals surface area contributed by atoms with Crippen LogP contribution in [0.5, 0.6) is 0 Å². The summed E-state index contributed by atoms with van der Waals surface area (Å²) in [7, 11) is 0. The third-order valence-corrected chi connectivity index (χ3v) is 6.48. The second kappa shape index (κ2) is 8.87. The van der Waals surface area contributed by atoms with E-state index in [1.54, 1.807) is 17.0 Å². The number of benzene rings is 1. The molecule has 0 bridgehead atoms. The van der Waals surface area contributed by atoms with Gasteiger partial charge in [-0.2, -0.15) is 0 Å². The number of anilines is 2. The number of carbonyl (C=O) groups excluding carboxylic acids is 3. The van der Waals surface area contributed by atoms with E-state index in [1.807, 2.05) is 37.3 Å². The molecule has 0 spiro atoms. The van der Waals surface area contributed by atoms with Crippen LogP contribution in [0.2, 0.25) is 0 Å². The van der Waals surface area contributed by atoms with Gasteiger partial charge in [-0.1, -0.05) is 18.2 Å². The molecule has 1 aromatic heterocycles. The van der Waals surface area contributed by atoms with Crippen molar-refractivity contribution in [3.8, 4) is 0 Å². The number of carbonyl (C=O) groups is 3. The summed E-state index contributed by atoms with van der Waals surface area (Å²) < 4.78 is 0. The van der Waals surface area contributed by atoms with Gasteiger partial charge in [0, 0.05) is 23.7 Å². The van der Waals surface area contributed by atoms with Gasteiger partial charge in [0.15, 0.2) is 5.25 Å². The van der Waals surface area contributed by atoms with Gasteiger partial charge in [0.25, 0.3) is 5.91 Å². The van der Waals surface area contributed by atoms with Crippen LogP contribution in [0.1, 0.15) is 25.0 Å². The van der Waals surface area contributed by atoms with Crippen molar-refractivity contribution in [2.45, 2.75) is 36.3 Å². The number of nitrogens with one attached hydrogen (secondary N) is 1. The van der Waals surface area contributed by atoms with Crippen LogP contribution in [-0.4, -0.2) is 52.5 Å². The minimum Gasteiger partial charge on any atom is -0.341 e. The van der Waals surface area contributed by atoms with Crippen molar-refractivity contribution in [1.82, 2.24) is 9.88 Å². The van der Waals surface area contributed by atoms with E-state index in [2.05, 4.69) is 10.3 Å². The first-order valence-electron chi connectivity index (χ1n) is 10.1. The second-order valence-corrected chi connectivity index (χ2v) is 8.64. The molecule has 0 saturated carbocycles. The fraction of sp³-hybridized carbons (Fsp3) is 0.364. The molecule has 156 valence electrons. The average Bonchev–Trinajstić information content (AvgIpc) is 2.75. The molecule has 2 aliphatic heterocycles. The fourth-order valence-electron chi connectivity index (χ4n) is 3.76. The van der Waals surface area contributed by atoms with E-state index in [9.17, 15) is 14.4 Å². The first-order valence-corrected chi connectivity index (χ1v) is 11.0. The molecule has 3 amide bonds. The summed E-state index contributed by atoms with van der Waals surface area (Å²) in [6.45, 7) is 3.04. The van der Waals surface area contributed by atoms with E-state index in [1.165, 1.54) is 16.7 Å². The Balaban J connectivity index is 1.55. The number of fused-ring (bicyclic) bond motifs is 1. The maximum Gasteiger partial charge on any atom is 0.250 e. The molecule has 0 aliphatic carbocycles. The largest absolute Gasteiger partial charge is 0.341 e. The highest BCUT2D eigenvalue weighted by Gasteiger charge is 2.40. The van der Waals surface area contributed by atoms with Crippen molar-refractivity contribution in [1.29, 1.82) is 0 Å². The van der Waals surface area contributed by atoms with Crippen LogP contribution in [0.25, 0.3) is 0 Å². The smallest absolute Gasteiger partial charge is 0.250 e. The van der Waals surface area contributed by atoms with Gasteiger partial charge in [0.1, 0.15) is 12.4 Å². The first kappa shape index (κ1) is 20.4. The zero-order valence-electron chi connectivity index (χ0n) is 16.8. The molecule has 2 aromatic rings. The number of para-hydroxylation sites is 1. The summed E-state index contributed by atoms with van der Waals surface area (Å²) in [5.41, 5.74) is 1.44. The Bertz CT molecular complexity index is 974. The third-order valence-electron chi connectivity index (χ3n) is 5.24. The Morgan fingerprint density at radius 2 is 1.87 bits per heavy atom. The quantitative estimate of drug-likeness (QED) is 0.763. The first-order chi connectivity index (χ1) is 14.5. The Hall–Kier alpha value is -2.87. The maximum atomic E-state index is 13.3. The van der Waals surface area contributed by atoms with Gasteiger partial charge >= 0.3 is 0 Å². The molecular weight excluding hydrogens is 400 g/mol. The van der Waals surface area contributed by atoms with Gasteiger partial charge in [-0.3, -0.25) is 14.4 Å². The van der Waals surface area contributed by atoms with Crippen molar-refractivity contribution in [3.63, 3.8) is 0 Å². The van der Waals surface area contributed by atoms with Crippen LogP contribution in [-0.2, 0) is 14.4 Å². The predicted molar refractivity (Wildman–Crippen MR) is 116 cm³/mol. The molecule has 1 aromatic carbocycles. The van der Waals surface area contributed by atoms with E-state index in [-0.39, 0.29) is 24.3 Å². The van der Waals surface area contributed by atoms with Gasteiger partial charge in [0.05, 0.1) is 5.69 Å². The summed E-state index contributed by atoms with van der Waals surface area (Å²) in [4.78, 5) is 47.3. The lowest BCUT2D eigenvalue weighted by atomic mass is 10.1. The van der Waals surface area contributed by atoms with Crippen molar-refractivity contribution in [3.05, 3.63) is 48.2 Å². The number of aryl methyl sites for hydroxylation is 1. The molecule has 1 N–H and O–H groups in total. The maximum absolute atomic E-state index is 13.3. The number of likely N-dealkylation sites (tertiary alicyclic amines) is 1. The Kier molecular flexibility index (Phi) is 6.03. The van der Waals surface area contributed by atoms with Gasteiger partial charge < -0.3 is 15.1 Å². The molecule has 7 nitrogen and oxygen atoms in total. The SMILES string of the molecule is Cc1cccc(NC(=O)CN2C(=O)C(C(=O)N3CCCCC3)Sc3ccccc32)n1. The zero-order chi connectivity index (χ0) is 21.1. The van der Waals surface area contributed by atoms with E-state index < -0.39 is 5.25 Å². The number of hydrogen-bond acceptors (Lipinski definition) is 5. The number of pyridine rings is 1. The number of thioether (sulfide) groups is 1. The van der Waals surface area contributed by atoms with Gasteiger partial charge in [-0.25, -0.2) is 4.98 Å². The lowest BCUT2D eigenvalue weighted by Gasteiger charge is -2.36. The molecule has 8 heteroatoms. The number of amides is 3. The topological polar surface area (TPSA) is 82.6 Å². The summed E-state index contributed by atoms with van der Waals surface area (Å²) >= 11 is 1.28. The number of aromatic nitrogens is 1. The van der Waals surface area contributed by atoms with Crippen molar-refractivity contribution < 1.29 is 14.4 Å². The molecule has 0 radical (unpaired) electrons.